The fraction of sp³-hybridized carbons (Fsp3) is 0.731. The van der Waals surface area contributed by atoms with Gasteiger partial charge < -0.3 is 10.2 Å². The highest BCUT2D eigenvalue weighted by atomic mass is 16.3. The summed E-state index contributed by atoms with van der Waals surface area (Å²) in [6, 6.07) is 0. The number of aromatic nitrogens is 2. The number of aliphatic hydroxyl groups is 2. The molecule has 1 aromatic rings. The first-order valence-electron chi connectivity index (χ1n) is 12.1. The highest BCUT2D eigenvalue weighted by Crippen LogP contribution is 2.65. The number of aliphatic hydroxyl groups excluding tert-OH is 2. The third-order valence-corrected chi connectivity index (χ3v) is 9.73. The monoisotopic (exact) mass is 410 g/mol. The van der Waals surface area contributed by atoms with Crippen molar-refractivity contribution in [1.29, 1.82) is 0 Å². The first-order chi connectivity index (χ1) is 14.3. The number of hydrogen-bond donors (Lipinski definition) is 2. The van der Waals surface area contributed by atoms with E-state index in [0.717, 1.165) is 50.6 Å². The van der Waals surface area contributed by atoms with Gasteiger partial charge in [-0.3, -0.25) is 4.68 Å². The van der Waals surface area contributed by atoms with Crippen LogP contribution in [0.15, 0.2) is 23.4 Å². The van der Waals surface area contributed by atoms with Crippen molar-refractivity contribution in [3.8, 4) is 0 Å². The molecule has 1 aromatic heterocycles. The SMILES string of the molecule is CCn1ncc(/C=C2\C[C@H]3[C@@H]4CC=C5C[C@@H](O)CC[C@]5(C)[C@H]4CC[C@]3(C)[C@H]2O)c1C. The molecule has 4 aliphatic rings. The standard InChI is InChI=1S/C26H38N2O2/c1-5-28-16(2)18(15-27-28)12-17-13-23-21-7-6-19-14-20(29)8-10-25(19,3)22(21)9-11-26(23,4)24(17)30/h6,12,15,20-24,29-30H,5,7-11,13-14H2,1-4H3/b17-12+/t20-,21+,22-,23-,24-,25-,26-/m0/s1. The van der Waals surface area contributed by atoms with Crippen LogP contribution in [0.5, 0.6) is 0 Å². The van der Waals surface area contributed by atoms with E-state index in [1.54, 1.807) is 0 Å². The van der Waals surface area contributed by atoms with Gasteiger partial charge in [-0.2, -0.15) is 5.10 Å². The molecule has 2 N–H and O–H groups in total. The molecule has 4 nitrogen and oxygen atoms in total. The Morgan fingerprint density at radius 2 is 1.97 bits per heavy atom. The van der Waals surface area contributed by atoms with Gasteiger partial charge in [-0.15, -0.1) is 0 Å². The van der Waals surface area contributed by atoms with E-state index in [1.165, 1.54) is 23.3 Å². The minimum Gasteiger partial charge on any atom is -0.393 e. The average Bonchev–Trinajstić information content (AvgIpc) is 3.20. The summed E-state index contributed by atoms with van der Waals surface area (Å²) in [5, 5.41) is 26.1. The minimum absolute atomic E-state index is 0.0163. The summed E-state index contributed by atoms with van der Waals surface area (Å²) >= 11 is 0. The van der Waals surface area contributed by atoms with Crippen molar-refractivity contribution in [2.45, 2.75) is 91.4 Å². The van der Waals surface area contributed by atoms with Gasteiger partial charge >= 0.3 is 0 Å². The van der Waals surface area contributed by atoms with Gasteiger partial charge in [0.25, 0.3) is 0 Å². The lowest BCUT2D eigenvalue weighted by molar-refractivity contribution is -0.0685. The molecule has 0 radical (unpaired) electrons. The highest BCUT2D eigenvalue weighted by molar-refractivity contribution is 5.57. The van der Waals surface area contributed by atoms with Gasteiger partial charge in [-0.1, -0.05) is 25.5 Å². The largest absolute Gasteiger partial charge is 0.393 e. The first kappa shape index (κ1) is 20.5. The normalized spacial score (nSPS) is 44.4. The van der Waals surface area contributed by atoms with E-state index in [2.05, 4.69) is 44.9 Å². The van der Waals surface area contributed by atoms with Crippen LogP contribution in [0.25, 0.3) is 6.08 Å². The van der Waals surface area contributed by atoms with Crippen LogP contribution in [0.1, 0.15) is 77.0 Å². The lowest BCUT2D eigenvalue weighted by Gasteiger charge is -2.57. The predicted molar refractivity (Wildman–Crippen MR) is 120 cm³/mol. The van der Waals surface area contributed by atoms with Crippen molar-refractivity contribution in [3.63, 3.8) is 0 Å². The summed E-state index contributed by atoms with van der Waals surface area (Å²) in [6.07, 6.45) is 13.5. The Hall–Kier alpha value is -1.39. The van der Waals surface area contributed by atoms with Gasteiger partial charge in [0.15, 0.2) is 0 Å². The Balaban J connectivity index is 1.47. The topological polar surface area (TPSA) is 58.3 Å². The third kappa shape index (κ3) is 2.82. The Labute approximate surface area is 181 Å². The second kappa shape index (κ2) is 7.06. The second-order valence-corrected chi connectivity index (χ2v) is 11.0. The molecule has 5 rings (SSSR count). The molecular weight excluding hydrogens is 372 g/mol. The zero-order valence-electron chi connectivity index (χ0n) is 19.1. The zero-order chi connectivity index (χ0) is 21.3. The average molecular weight is 411 g/mol. The molecule has 0 bridgehead atoms. The summed E-state index contributed by atoms with van der Waals surface area (Å²) in [5.74, 6) is 1.88. The predicted octanol–water partition coefficient (Wildman–Crippen LogP) is 4.89. The highest BCUT2D eigenvalue weighted by Gasteiger charge is 2.59. The van der Waals surface area contributed by atoms with E-state index in [9.17, 15) is 10.2 Å². The van der Waals surface area contributed by atoms with E-state index in [1.807, 2.05) is 10.9 Å². The molecule has 0 unspecified atom stereocenters. The van der Waals surface area contributed by atoms with Crippen LogP contribution < -0.4 is 0 Å². The van der Waals surface area contributed by atoms with Gasteiger partial charge in [-0.25, -0.2) is 0 Å². The molecule has 0 spiro atoms. The molecule has 1 heterocycles. The molecule has 0 aliphatic heterocycles. The van der Waals surface area contributed by atoms with Crippen LogP contribution >= 0.6 is 0 Å². The molecule has 3 fully saturated rings. The maximum atomic E-state index is 11.4. The van der Waals surface area contributed by atoms with Crippen molar-refractivity contribution in [2.75, 3.05) is 0 Å². The number of fused-ring (bicyclic) bond motifs is 5. The molecule has 30 heavy (non-hydrogen) atoms. The third-order valence-electron chi connectivity index (χ3n) is 9.73. The van der Waals surface area contributed by atoms with Gasteiger partial charge in [0.2, 0.25) is 0 Å². The molecule has 0 amide bonds. The Morgan fingerprint density at radius 3 is 2.70 bits per heavy atom. The van der Waals surface area contributed by atoms with E-state index >= 15 is 0 Å². The molecular formula is C26H38N2O2. The van der Waals surface area contributed by atoms with E-state index < -0.39 is 0 Å². The van der Waals surface area contributed by atoms with Crippen LogP contribution in [0, 0.1) is 35.5 Å². The van der Waals surface area contributed by atoms with Gasteiger partial charge in [0, 0.05) is 23.2 Å². The number of allylic oxidation sites excluding steroid dienone is 1. The number of rotatable bonds is 2. The molecule has 164 valence electrons. The van der Waals surface area contributed by atoms with Crippen molar-refractivity contribution < 1.29 is 10.2 Å². The van der Waals surface area contributed by atoms with Crippen molar-refractivity contribution in [3.05, 3.63) is 34.7 Å². The maximum absolute atomic E-state index is 11.4. The van der Waals surface area contributed by atoms with Crippen LogP contribution in [-0.4, -0.2) is 32.2 Å². The zero-order valence-corrected chi connectivity index (χ0v) is 19.1. The van der Waals surface area contributed by atoms with Gasteiger partial charge in [0.05, 0.1) is 18.4 Å². The van der Waals surface area contributed by atoms with Crippen LogP contribution in [0.3, 0.4) is 0 Å². The Kier molecular flexibility index (Phi) is 4.83. The van der Waals surface area contributed by atoms with Crippen molar-refractivity contribution >= 4 is 6.08 Å². The number of hydrogen-bond acceptors (Lipinski definition) is 3. The summed E-state index contributed by atoms with van der Waals surface area (Å²) in [4.78, 5) is 0. The summed E-state index contributed by atoms with van der Waals surface area (Å²) in [5.41, 5.74) is 5.30. The fourth-order valence-electron chi connectivity index (χ4n) is 7.76. The summed E-state index contributed by atoms with van der Waals surface area (Å²) in [7, 11) is 0. The molecule has 3 saturated carbocycles. The van der Waals surface area contributed by atoms with Crippen molar-refractivity contribution in [1.82, 2.24) is 9.78 Å². The van der Waals surface area contributed by atoms with E-state index in [0.29, 0.717) is 17.8 Å². The second-order valence-electron chi connectivity index (χ2n) is 11.0. The first-order valence-corrected chi connectivity index (χ1v) is 12.1. The van der Waals surface area contributed by atoms with E-state index in [-0.39, 0.29) is 23.0 Å². The molecule has 4 aliphatic carbocycles. The van der Waals surface area contributed by atoms with Gasteiger partial charge in [0.1, 0.15) is 0 Å². The molecule has 0 aromatic carbocycles. The molecule has 4 heteroatoms. The molecule has 0 saturated heterocycles. The smallest absolute Gasteiger partial charge is 0.0809 e. The minimum atomic E-state index is -0.348. The lowest BCUT2D eigenvalue weighted by Crippen LogP contribution is -2.51. The van der Waals surface area contributed by atoms with Crippen molar-refractivity contribution in [2.24, 2.45) is 28.6 Å². The fourth-order valence-corrected chi connectivity index (χ4v) is 7.76. The van der Waals surface area contributed by atoms with Crippen LogP contribution in [0.2, 0.25) is 0 Å². The maximum Gasteiger partial charge on any atom is 0.0809 e. The molecule has 7 atom stereocenters. The summed E-state index contributed by atoms with van der Waals surface area (Å²) < 4.78 is 2.03. The Bertz CT molecular complexity index is 899. The quantitative estimate of drug-likeness (QED) is 0.683. The summed E-state index contributed by atoms with van der Waals surface area (Å²) in [6.45, 7) is 9.93. The van der Waals surface area contributed by atoms with Gasteiger partial charge in [-0.05, 0) is 93.6 Å². The van der Waals surface area contributed by atoms with Crippen LogP contribution in [0.4, 0.5) is 0 Å². The van der Waals surface area contributed by atoms with E-state index in [4.69, 9.17) is 0 Å². The number of nitrogens with zero attached hydrogens (tertiary/aromatic N) is 2. The number of aryl methyl sites for hydroxylation is 1. The van der Waals surface area contributed by atoms with Crippen LogP contribution in [-0.2, 0) is 6.54 Å². The lowest BCUT2D eigenvalue weighted by atomic mass is 9.48. The Morgan fingerprint density at radius 1 is 1.17 bits per heavy atom.